The molecule has 8 heteroatoms. The molecule has 1 unspecified atom stereocenters. The molecule has 0 aliphatic heterocycles. The zero-order valence-electron chi connectivity index (χ0n) is 15.6. The van der Waals surface area contributed by atoms with Crippen molar-refractivity contribution in [1.82, 2.24) is 4.72 Å². The van der Waals surface area contributed by atoms with Crippen LogP contribution in [0.15, 0.2) is 42.5 Å². The second-order valence-electron chi connectivity index (χ2n) is 7.11. The maximum Gasteiger partial charge on any atom is 0.416 e. The Bertz CT molecular complexity index is 955. The fourth-order valence-corrected chi connectivity index (χ4v) is 4.14. The first kappa shape index (κ1) is 20.7. The van der Waals surface area contributed by atoms with Crippen LogP contribution >= 0.6 is 0 Å². The van der Waals surface area contributed by atoms with Crippen LogP contribution in [-0.4, -0.2) is 13.7 Å². The summed E-state index contributed by atoms with van der Waals surface area (Å²) >= 11 is 0. The molecule has 0 fully saturated rings. The Morgan fingerprint density at radius 2 is 1.89 bits per heavy atom. The van der Waals surface area contributed by atoms with Gasteiger partial charge in [0.2, 0.25) is 10.0 Å². The number of fused-ring (bicyclic) bond motifs is 1. The van der Waals surface area contributed by atoms with E-state index in [4.69, 9.17) is 4.74 Å². The molecule has 3 rings (SSSR count). The Hall–Kier alpha value is -2.06. The normalized spacial score (nSPS) is 17.0. The van der Waals surface area contributed by atoms with E-state index in [2.05, 4.69) is 4.72 Å². The van der Waals surface area contributed by atoms with Crippen molar-refractivity contribution in [3.05, 3.63) is 64.7 Å². The smallest absolute Gasteiger partial charge is 0.416 e. The van der Waals surface area contributed by atoms with Crippen LogP contribution < -0.4 is 9.46 Å². The number of nitrogens with one attached hydrogen (secondary N) is 1. The fourth-order valence-electron chi connectivity index (χ4n) is 3.22. The predicted molar refractivity (Wildman–Crippen MR) is 100 cm³/mol. The van der Waals surface area contributed by atoms with Gasteiger partial charge < -0.3 is 4.74 Å². The second-order valence-corrected chi connectivity index (χ2v) is 9.38. The largest absolute Gasteiger partial charge is 0.489 e. The number of ether oxygens (including phenoxy) is 1. The molecule has 0 bridgehead atoms. The SMILES string of the molecule is CC(C)S(=O)(=O)NC1CCc2cc(OCc3ccccc3C(F)(F)F)ccc21. The van der Waals surface area contributed by atoms with E-state index < -0.39 is 27.0 Å². The van der Waals surface area contributed by atoms with Gasteiger partial charge in [0.25, 0.3) is 0 Å². The van der Waals surface area contributed by atoms with Crippen molar-refractivity contribution in [1.29, 1.82) is 0 Å². The van der Waals surface area contributed by atoms with E-state index in [-0.39, 0.29) is 18.2 Å². The summed E-state index contributed by atoms with van der Waals surface area (Å²) in [5.41, 5.74) is 1.18. The number of hydrogen-bond acceptors (Lipinski definition) is 3. The van der Waals surface area contributed by atoms with Crippen LogP contribution in [0.1, 0.15) is 48.6 Å². The lowest BCUT2D eigenvalue weighted by atomic mass is 10.1. The van der Waals surface area contributed by atoms with Crippen LogP contribution in [-0.2, 0) is 29.2 Å². The lowest BCUT2D eigenvalue weighted by Crippen LogP contribution is -2.33. The summed E-state index contributed by atoms with van der Waals surface area (Å²) in [5, 5.41) is -0.521. The fraction of sp³-hybridized carbons (Fsp3) is 0.400. The topological polar surface area (TPSA) is 55.4 Å². The summed E-state index contributed by atoms with van der Waals surface area (Å²) < 4.78 is 71.8. The molecule has 2 aromatic carbocycles. The standard InChI is InChI=1S/C20H22F3NO3S/c1-13(2)28(25,26)24-19-10-7-14-11-16(8-9-17(14)19)27-12-15-5-3-4-6-18(15)20(21,22)23/h3-6,8-9,11,13,19,24H,7,10,12H2,1-2H3. The number of halogens is 3. The molecule has 1 N–H and O–H groups in total. The Morgan fingerprint density at radius 1 is 1.18 bits per heavy atom. The van der Waals surface area contributed by atoms with Gasteiger partial charge >= 0.3 is 6.18 Å². The van der Waals surface area contributed by atoms with E-state index in [1.807, 2.05) is 0 Å². The highest BCUT2D eigenvalue weighted by atomic mass is 32.2. The van der Waals surface area contributed by atoms with Gasteiger partial charge in [-0.15, -0.1) is 0 Å². The van der Waals surface area contributed by atoms with Crippen molar-refractivity contribution in [2.24, 2.45) is 0 Å². The molecule has 4 nitrogen and oxygen atoms in total. The Kier molecular flexibility index (Phi) is 5.72. The highest BCUT2D eigenvalue weighted by molar-refractivity contribution is 7.90. The van der Waals surface area contributed by atoms with Gasteiger partial charge in [-0.1, -0.05) is 24.3 Å². The maximum absolute atomic E-state index is 13.1. The summed E-state index contributed by atoms with van der Waals surface area (Å²) in [6.45, 7) is 3.04. The number of aryl methyl sites for hydroxylation is 1. The molecule has 28 heavy (non-hydrogen) atoms. The molecular formula is C20H22F3NO3S. The number of rotatable bonds is 6. The Balaban J connectivity index is 1.73. The van der Waals surface area contributed by atoms with Crippen molar-refractivity contribution in [3.63, 3.8) is 0 Å². The maximum atomic E-state index is 13.1. The minimum atomic E-state index is -4.43. The minimum absolute atomic E-state index is 0.0677. The summed E-state index contributed by atoms with van der Waals surface area (Å²) in [4.78, 5) is 0. The summed E-state index contributed by atoms with van der Waals surface area (Å²) in [5.74, 6) is 0.461. The molecule has 152 valence electrons. The van der Waals surface area contributed by atoms with Gasteiger partial charge in [0.15, 0.2) is 0 Å². The lowest BCUT2D eigenvalue weighted by molar-refractivity contribution is -0.138. The molecule has 0 aromatic heterocycles. The van der Waals surface area contributed by atoms with Gasteiger partial charge in [-0.3, -0.25) is 0 Å². The number of benzene rings is 2. The van der Waals surface area contributed by atoms with E-state index in [0.717, 1.165) is 17.2 Å². The second kappa shape index (κ2) is 7.75. The summed E-state index contributed by atoms with van der Waals surface area (Å²) in [6.07, 6.45) is -3.11. The van der Waals surface area contributed by atoms with Crippen LogP contribution in [0, 0.1) is 0 Å². The third-order valence-electron chi connectivity index (χ3n) is 4.84. The van der Waals surface area contributed by atoms with Gasteiger partial charge in [-0.05, 0) is 56.0 Å². The average Bonchev–Trinajstić information content (AvgIpc) is 3.01. The van der Waals surface area contributed by atoms with E-state index in [0.29, 0.717) is 18.6 Å². The summed E-state index contributed by atoms with van der Waals surface area (Å²) in [7, 11) is -3.39. The first-order chi connectivity index (χ1) is 13.1. The molecule has 0 amide bonds. The van der Waals surface area contributed by atoms with Gasteiger partial charge in [-0.2, -0.15) is 13.2 Å². The Morgan fingerprint density at radius 3 is 2.57 bits per heavy atom. The van der Waals surface area contributed by atoms with Gasteiger partial charge in [0.1, 0.15) is 12.4 Å². The lowest BCUT2D eigenvalue weighted by Gasteiger charge is -2.17. The highest BCUT2D eigenvalue weighted by Gasteiger charge is 2.33. The zero-order valence-corrected chi connectivity index (χ0v) is 16.4. The number of alkyl halides is 3. The van der Waals surface area contributed by atoms with Crippen molar-refractivity contribution in [2.45, 2.75) is 50.8 Å². The van der Waals surface area contributed by atoms with Gasteiger partial charge in [0.05, 0.1) is 10.8 Å². The zero-order chi connectivity index (χ0) is 20.5. The van der Waals surface area contributed by atoms with Crippen LogP contribution in [0.25, 0.3) is 0 Å². The molecular weight excluding hydrogens is 391 g/mol. The average molecular weight is 413 g/mol. The predicted octanol–water partition coefficient (Wildman–Crippen LogP) is 4.60. The monoisotopic (exact) mass is 413 g/mol. The van der Waals surface area contributed by atoms with Crippen molar-refractivity contribution in [2.75, 3.05) is 0 Å². The molecule has 1 aliphatic rings. The van der Waals surface area contributed by atoms with E-state index in [1.165, 1.54) is 12.1 Å². The number of sulfonamides is 1. The van der Waals surface area contributed by atoms with E-state index in [1.54, 1.807) is 38.1 Å². The van der Waals surface area contributed by atoms with Crippen molar-refractivity contribution < 1.29 is 26.3 Å². The molecule has 0 radical (unpaired) electrons. The van der Waals surface area contributed by atoms with Gasteiger partial charge in [0, 0.05) is 11.6 Å². The van der Waals surface area contributed by atoms with Crippen LogP contribution in [0.4, 0.5) is 13.2 Å². The molecule has 0 saturated heterocycles. The molecule has 1 aliphatic carbocycles. The molecule has 0 saturated carbocycles. The Labute approximate surface area is 162 Å². The van der Waals surface area contributed by atoms with Crippen molar-refractivity contribution >= 4 is 10.0 Å². The molecule has 0 heterocycles. The third kappa shape index (κ3) is 4.50. The molecule has 1 atom stereocenters. The third-order valence-corrected chi connectivity index (χ3v) is 6.69. The first-order valence-electron chi connectivity index (χ1n) is 9.00. The van der Waals surface area contributed by atoms with Crippen LogP contribution in [0.2, 0.25) is 0 Å². The van der Waals surface area contributed by atoms with Crippen LogP contribution in [0.5, 0.6) is 5.75 Å². The van der Waals surface area contributed by atoms with Crippen LogP contribution in [0.3, 0.4) is 0 Å². The molecule has 2 aromatic rings. The molecule has 0 spiro atoms. The minimum Gasteiger partial charge on any atom is -0.489 e. The van der Waals surface area contributed by atoms with E-state index >= 15 is 0 Å². The quantitative estimate of drug-likeness (QED) is 0.753. The summed E-state index contributed by atoms with van der Waals surface area (Å²) in [6, 6.07) is 10.2. The first-order valence-corrected chi connectivity index (χ1v) is 10.5. The van der Waals surface area contributed by atoms with Gasteiger partial charge in [-0.25, -0.2) is 13.1 Å². The number of hydrogen-bond donors (Lipinski definition) is 1. The van der Waals surface area contributed by atoms with Crippen molar-refractivity contribution in [3.8, 4) is 5.75 Å². The highest BCUT2D eigenvalue weighted by Crippen LogP contribution is 2.35. The van der Waals surface area contributed by atoms with E-state index in [9.17, 15) is 21.6 Å².